The molecule has 0 aliphatic heterocycles. The number of imidazole rings is 1. The molecule has 0 saturated heterocycles. The van der Waals surface area contributed by atoms with E-state index in [9.17, 15) is 4.79 Å². The maximum atomic E-state index is 15.1. The van der Waals surface area contributed by atoms with Crippen LogP contribution in [-0.2, 0) is 17.9 Å². The third kappa shape index (κ3) is 3.79. The highest BCUT2D eigenvalue weighted by Crippen LogP contribution is 2.28. The van der Waals surface area contributed by atoms with Crippen LogP contribution in [0.2, 0.25) is 0 Å². The number of methoxy groups -OCH3 is 1. The molecule has 6 rings (SSSR count). The van der Waals surface area contributed by atoms with Gasteiger partial charge in [-0.05, 0) is 47.5 Å². The summed E-state index contributed by atoms with van der Waals surface area (Å²) in [6.07, 6.45) is 1.70. The van der Waals surface area contributed by atoms with Gasteiger partial charge in [-0.1, -0.05) is 29.5 Å². The van der Waals surface area contributed by atoms with Crippen molar-refractivity contribution < 1.29 is 9.13 Å². The van der Waals surface area contributed by atoms with Crippen LogP contribution in [0.5, 0.6) is 0 Å². The van der Waals surface area contributed by atoms with Crippen molar-refractivity contribution in [3.8, 4) is 16.9 Å². The molecule has 174 valence electrons. The number of aromatic amines is 2. The third-order valence-electron chi connectivity index (χ3n) is 5.93. The van der Waals surface area contributed by atoms with Gasteiger partial charge in [0.05, 0.1) is 41.1 Å². The van der Waals surface area contributed by atoms with E-state index >= 15 is 4.39 Å². The van der Waals surface area contributed by atoms with E-state index in [4.69, 9.17) is 4.74 Å². The number of hydrogen-bond donors (Lipinski definition) is 2. The van der Waals surface area contributed by atoms with Crippen LogP contribution in [0, 0.1) is 5.82 Å². The summed E-state index contributed by atoms with van der Waals surface area (Å²) in [5, 5.41) is 12.7. The molecule has 6 aromatic rings. The standard InChI is InChI=1S/C25H20FN7O2/c1-35-14-16-4-2-15(3-5-16)13-32-22(8-9-27-32)17-10-19(26)24-23(11-17)33(31-30-24)18-6-7-20-21(12-18)29-25(34)28-20/h2-12H,13-14H2,1H3,(H2,28,29,34). The summed E-state index contributed by atoms with van der Waals surface area (Å²) in [5.74, 6) is -0.475. The lowest BCUT2D eigenvalue weighted by Crippen LogP contribution is -2.04. The summed E-state index contributed by atoms with van der Waals surface area (Å²) in [4.78, 5) is 17.1. The van der Waals surface area contributed by atoms with E-state index in [0.717, 1.165) is 16.8 Å². The van der Waals surface area contributed by atoms with Crippen molar-refractivity contribution in [2.24, 2.45) is 0 Å². The fourth-order valence-corrected chi connectivity index (χ4v) is 4.26. The quantitative estimate of drug-likeness (QED) is 0.386. The van der Waals surface area contributed by atoms with Crippen LogP contribution in [0.3, 0.4) is 0 Å². The number of ether oxygens (including phenoxy) is 1. The van der Waals surface area contributed by atoms with Crippen molar-refractivity contribution >= 4 is 22.1 Å². The van der Waals surface area contributed by atoms with Gasteiger partial charge < -0.3 is 14.7 Å². The molecule has 0 spiro atoms. The molecule has 0 unspecified atom stereocenters. The van der Waals surface area contributed by atoms with Gasteiger partial charge in [-0.3, -0.25) is 4.68 Å². The fourth-order valence-electron chi connectivity index (χ4n) is 4.26. The number of benzene rings is 3. The highest BCUT2D eigenvalue weighted by atomic mass is 19.1. The number of nitrogens with one attached hydrogen (secondary N) is 2. The van der Waals surface area contributed by atoms with Crippen LogP contribution < -0.4 is 5.69 Å². The minimum atomic E-state index is -0.475. The van der Waals surface area contributed by atoms with E-state index in [1.165, 1.54) is 6.07 Å². The Morgan fingerprint density at radius 3 is 2.60 bits per heavy atom. The van der Waals surface area contributed by atoms with Gasteiger partial charge in [-0.25, -0.2) is 13.9 Å². The number of aromatic nitrogens is 7. The maximum absolute atomic E-state index is 15.1. The van der Waals surface area contributed by atoms with Gasteiger partial charge in [0.15, 0.2) is 5.82 Å². The SMILES string of the molecule is COCc1ccc(Cn2nccc2-c2cc(F)c3nnn(-c4ccc5[nH]c(=O)[nH]c5c4)c3c2)cc1. The minimum absolute atomic E-state index is 0.163. The predicted octanol–water partition coefficient (Wildman–Crippen LogP) is 3.79. The normalized spacial score (nSPS) is 11.6. The Morgan fingerprint density at radius 2 is 1.77 bits per heavy atom. The Balaban J connectivity index is 1.39. The molecule has 0 saturated carbocycles. The van der Waals surface area contributed by atoms with E-state index in [1.54, 1.807) is 36.2 Å². The van der Waals surface area contributed by atoms with E-state index in [1.807, 2.05) is 41.1 Å². The lowest BCUT2D eigenvalue weighted by Gasteiger charge is -2.10. The summed E-state index contributed by atoms with van der Waals surface area (Å²) < 4.78 is 23.6. The molecule has 0 amide bonds. The summed E-state index contributed by atoms with van der Waals surface area (Å²) >= 11 is 0. The van der Waals surface area contributed by atoms with Crippen LogP contribution in [0.4, 0.5) is 4.39 Å². The van der Waals surface area contributed by atoms with Gasteiger partial charge in [0.1, 0.15) is 5.52 Å². The van der Waals surface area contributed by atoms with E-state index in [2.05, 4.69) is 25.4 Å². The topological polar surface area (TPSA) is 106 Å². The molecule has 0 radical (unpaired) electrons. The number of nitrogens with zero attached hydrogens (tertiary/aromatic N) is 5. The van der Waals surface area contributed by atoms with E-state index in [-0.39, 0.29) is 11.2 Å². The molecular weight excluding hydrogens is 449 g/mol. The molecule has 3 aromatic heterocycles. The molecule has 0 aliphatic rings. The van der Waals surface area contributed by atoms with Crippen LogP contribution in [0.25, 0.3) is 39.0 Å². The first-order valence-corrected chi connectivity index (χ1v) is 11.0. The number of H-pyrrole nitrogens is 2. The van der Waals surface area contributed by atoms with Crippen molar-refractivity contribution in [3.05, 3.63) is 94.3 Å². The Kier molecular flexibility index (Phi) is 5.00. The van der Waals surface area contributed by atoms with E-state index in [0.29, 0.717) is 41.0 Å². The molecule has 0 bridgehead atoms. The molecule has 35 heavy (non-hydrogen) atoms. The third-order valence-corrected chi connectivity index (χ3v) is 5.93. The average molecular weight is 469 g/mol. The van der Waals surface area contributed by atoms with Gasteiger partial charge in [0.2, 0.25) is 0 Å². The summed E-state index contributed by atoms with van der Waals surface area (Å²) in [7, 11) is 1.67. The summed E-state index contributed by atoms with van der Waals surface area (Å²) in [6.45, 7) is 1.09. The highest BCUT2D eigenvalue weighted by molar-refractivity contribution is 5.84. The van der Waals surface area contributed by atoms with Crippen LogP contribution in [-0.4, -0.2) is 41.9 Å². The summed E-state index contributed by atoms with van der Waals surface area (Å²) in [5.41, 5.74) is 5.91. The zero-order chi connectivity index (χ0) is 23.9. The largest absolute Gasteiger partial charge is 0.380 e. The molecule has 2 N–H and O–H groups in total. The molecule has 0 atom stereocenters. The molecule has 9 nitrogen and oxygen atoms in total. The van der Waals surface area contributed by atoms with E-state index < -0.39 is 5.82 Å². The molecule has 3 heterocycles. The lowest BCUT2D eigenvalue weighted by atomic mass is 10.1. The van der Waals surface area contributed by atoms with Crippen molar-refractivity contribution in [2.45, 2.75) is 13.2 Å². The van der Waals surface area contributed by atoms with Gasteiger partial charge in [-0.15, -0.1) is 5.10 Å². The van der Waals surface area contributed by atoms with Crippen LogP contribution in [0.1, 0.15) is 11.1 Å². The maximum Gasteiger partial charge on any atom is 0.323 e. The average Bonchev–Trinajstić information content (AvgIpc) is 3.57. The lowest BCUT2D eigenvalue weighted by molar-refractivity contribution is 0.185. The van der Waals surface area contributed by atoms with Crippen molar-refractivity contribution in [2.75, 3.05) is 7.11 Å². The monoisotopic (exact) mass is 469 g/mol. The molecule has 0 fully saturated rings. The van der Waals surface area contributed by atoms with Gasteiger partial charge >= 0.3 is 5.69 Å². The number of fused-ring (bicyclic) bond motifs is 2. The summed E-state index contributed by atoms with van der Waals surface area (Å²) in [6, 6.07) is 18.6. The second kappa shape index (κ2) is 8.33. The van der Waals surface area contributed by atoms with Gasteiger partial charge in [-0.2, -0.15) is 5.10 Å². The number of rotatable bonds is 6. The molecular formula is C25H20FN7O2. The first-order valence-electron chi connectivity index (χ1n) is 11.0. The number of hydrogen-bond acceptors (Lipinski definition) is 5. The van der Waals surface area contributed by atoms with Gasteiger partial charge in [0.25, 0.3) is 0 Å². The molecule has 3 aromatic carbocycles. The minimum Gasteiger partial charge on any atom is -0.380 e. The highest BCUT2D eigenvalue weighted by Gasteiger charge is 2.16. The zero-order valence-electron chi connectivity index (χ0n) is 18.7. The van der Waals surface area contributed by atoms with Crippen molar-refractivity contribution in [1.29, 1.82) is 0 Å². The van der Waals surface area contributed by atoms with Crippen molar-refractivity contribution in [3.63, 3.8) is 0 Å². The fraction of sp³-hybridized carbons (Fsp3) is 0.120. The Hall–Kier alpha value is -4.57. The smallest absolute Gasteiger partial charge is 0.323 e. The van der Waals surface area contributed by atoms with Crippen molar-refractivity contribution in [1.82, 2.24) is 34.7 Å². The number of halogens is 1. The first kappa shape index (κ1) is 21.0. The molecule has 0 aliphatic carbocycles. The first-order chi connectivity index (χ1) is 17.1. The molecule has 10 heteroatoms. The van der Waals surface area contributed by atoms with Crippen LogP contribution >= 0.6 is 0 Å². The predicted molar refractivity (Wildman–Crippen MR) is 129 cm³/mol. The Labute approximate surface area is 197 Å². The second-order valence-electron chi connectivity index (χ2n) is 8.26. The van der Waals surface area contributed by atoms with Crippen LogP contribution in [0.15, 0.2) is 71.7 Å². The Morgan fingerprint density at radius 1 is 0.971 bits per heavy atom. The van der Waals surface area contributed by atoms with Gasteiger partial charge in [0, 0.05) is 18.9 Å². The Bertz CT molecular complexity index is 1730. The zero-order valence-corrected chi connectivity index (χ0v) is 18.7. The second-order valence-corrected chi connectivity index (χ2v) is 8.26.